The number of nitrogens with one attached hydrogen (secondary N) is 2. The van der Waals surface area contributed by atoms with Crippen LogP contribution in [0.5, 0.6) is 0 Å². The van der Waals surface area contributed by atoms with Gasteiger partial charge in [-0.2, -0.15) is 0 Å². The maximum atomic E-state index is 12.3. The highest BCUT2D eigenvalue weighted by molar-refractivity contribution is 6.08. The van der Waals surface area contributed by atoms with Gasteiger partial charge in [-0.05, 0) is 45.0 Å². The first kappa shape index (κ1) is 19.2. The number of benzene rings is 2. The summed E-state index contributed by atoms with van der Waals surface area (Å²) in [5.74, 6) is -1.41. The maximum absolute atomic E-state index is 12.3. The molecule has 0 bridgehead atoms. The number of carbonyl (C=O) groups excluding carboxylic acids is 3. The molecule has 0 radical (unpaired) electrons. The quantitative estimate of drug-likeness (QED) is 0.809. The van der Waals surface area contributed by atoms with Crippen molar-refractivity contribution in [2.45, 2.75) is 26.3 Å². The van der Waals surface area contributed by atoms with Crippen LogP contribution in [0, 0.1) is 0 Å². The van der Waals surface area contributed by atoms with Gasteiger partial charge in [0.25, 0.3) is 11.8 Å². The SMILES string of the molecule is CC(C)(C)NC(=O)COC(=O)c1ccccc1NC(=O)c1ccccc1. The Morgan fingerprint density at radius 2 is 1.54 bits per heavy atom. The van der Waals surface area contributed by atoms with Crippen molar-refractivity contribution in [2.24, 2.45) is 0 Å². The largest absolute Gasteiger partial charge is 0.452 e. The molecule has 0 saturated heterocycles. The number of ether oxygens (including phenoxy) is 1. The Bertz CT molecular complexity index is 795. The van der Waals surface area contributed by atoms with Crippen molar-refractivity contribution >= 4 is 23.5 Å². The molecule has 6 nitrogen and oxygen atoms in total. The molecule has 0 aliphatic rings. The molecule has 0 aromatic heterocycles. The Morgan fingerprint density at radius 1 is 0.923 bits per heavy atom. The zero-order chi connectivity index (χ0) is 19.2. The number of hydrogen-bond acceptors (Lipinski definition) is 4. The molecule has 0 aliphatic carbocycles. The average Bonchev–Trinajstić information content (AvgIpc) is 2.59. The molecule has 0 atom stereocenters. The van der Waals surface area contributed by atoms with Crippen molar-refractivity contribution in [1.29, 1.82) is 0 Å². The van der Waals surface area contributed by atoms with Crippen LogP contribution in [0.2, 0.25) is 0 Å². The molecule has 2 amide bonds. The number of amides is 2. The molecule has 0 saturated carbocycles. The van der Waals surface area contributed by atoms with E-state index in [1.54, 1.807) is 42.5 Å². The average molecular weight is 354 g/mol. The topological polar surface area (TPSA) is 84.5 Å². The second kappa shape index (κ2) is 8.29. The molecule has 0 spiro atoms. The lowest BCUT2D eigenvalue weighted by Crippen LogP contribution is -2.42. The monoisotopic (exact) mass is 354 g/mol. The van der Waals surface area contributed by atoms with E-state index in [2.05, 4.69) is 10.6 Å². The lowest BCUT2D eigenvalue weighted by molar-refractivity contribution is -0.125. The Hall–Kier alpha value is -3.15. The van der Waals surface area contributed by atoms with Crippen molar-refractivity contribution in [1.82, 2.24) is 5.32 Å². The van der Waals surface area contributed by atoms with E-state index in [1.807, 2.05) is 26.8 Å². The Labute approximate surface area is 152 Å². The Morgan fingerprint density at radius 3 is 2.19 bits per heavy atom. The molecule has 0 aliphatic heterocycles. The molecule has 26 heavy (non-hydrogen) atoms. The molecule has 0 unspecified atom stereocenters. The van der Waals surface area contributed by atoms with E-state index in [0.717, 1.165) is 0 Å². The third-order valence-corrected chi connectivity index (χ3v) is 3.28. The van der Waals surface area contributed by atoms with E-state index in [1.165, 1.54) is 6.07 Å². The molecule has 2 aromatic rings. The summed E-state index contributed by atoms with van der Waals surface area (Å²) < 4.78 is 5.06. The van der Waals surface area contributed by atoms with Gasteiger partial charge < -0.3 is 15.4 Å². The van der Waals surface area contributed by atoms with Crippen LogP contribution in [0.3, 0.4) is 0 Å². The minimum Gasteiger partial charge on any atom is -0.452 e. The highest BCUT2D eigenvalue weighted by Crippen LogP contribution is 2.17. The van der Waals surface area contributed by atoms with Crippen molar-refractivity contribution in [3.8, 4) is 0 Å². The molecule has 2 aromatic carbocycles. The van der Waals surface area contributed by atoms with Crippen LogP contribution in [-0.4, -0.2) is 29.9 Å². The fourth-order valence-corrected chi connectivity index (χ4v) is 2.22. The molecular weight excluding hydrogens is 332 g/mol. The number of carbonyl (C=O) groups is 3. The van der Waals surface area contributed by atoms with E-state index < -0.39 is 24.0 Å². The standard InChI is InChI=1S/C20H22N2O4/c1-20(2,3)22-17(23)13-26-19(25)15-11-7-8-12-16(15)21-18(24)14-9-5-4-6-10-14/h4-12H,13H2,1-3H3,(H,21,24)(H,22,23). The normalized spacial score (nSPS) is 10.7. The van der Waals surface area contributed by atoms with Crippen molar-refractivity contribution in [3.63, 3.8) is 0 Å². The second-order valence-corrected chi connectivity index (χ2v) is 6.74. The molecule has 136 valence electrons. The first-order valence-corrected chi connectivity index (χ1v) is 8.20. The van der Waals surface area contributed by atoms with Crippen LogP contribution in [-0.2, 0) is 9.53 Å². The molecule has 6 heteroatoms. The van der Waals surface area contributed by atoms with Crippen LogP contribution in [0.15, 0.2) is 54.6 Å². The molecule has 2 N–H and O–H groups in total. The zero-order valence-electron chi connectivity index (χ0n) is 15.0. The summed E-state index contributed by atoms with van der Waals surface area (Å²) in [5.41, 5.74) is 0.563. The zero-order valence-corrected chi connectivity index (χ0v) is 15.0. The van der Waals surface area contributed by atoms with Gasteiger partial charge in [0.05, 0.1) is 11.3 Å². The summed E-state index contributed by atoms with van der Waals surface area (Å²) in [6.45, 7) is 5.11. The summed E-state index contributed by atoms with van der Waals surface area (Å²) in [5, 5.41) is 5.40. The maximum Gasteiger partial charge on any atom is 0.340 e. The summed E-state index contributed by atoms with van der Waals surface area (Å²) in [6, 6.07) is 15.2. The van der Waals surface area contributed by atoms with E-state index in [9.17, 15) is 14.4 Å². The third-order valence-electron chi connectivity index (χ3n) is 3.28. The predicted molar refractivity (Wildman–Crippen MR) is 99.0 cm³/mol. The first-order valence-electron chi connectivity index (χ1n) is 8.20. The van der Waals surface area contributed by atoms with Gasteiger partial charge in [0.15, 0.2) is 6.61 Å². The Kier molecular flexibility index (Phi) is 6.11. The minimum absolute atomic E-state index is 0.181. The van der Waals surface area contributed by atoms with E-state index >= 15 is 0 Å². The van der Waals surface area contributed by atoms with E-state index in [-0.39, 0.29) is 11.5 Å². The molecule has 0 heterocycles. The van der Waals surface area contributed by atoms with E-state index in [0.29, 0.717) is 11.3 Å². The van der Waals surface area contributed by atoms with Crippen molar-refractivity contribution < 1.29 is 19.1 Å². The number of anilines is 1. The fourth-order valence-electron chi connectivity index (χ4n) is 2.22. The number of esters is 1. The van der Waals surface area contributed by atoms with Gasteiger partial charge in [-0.25, -0.2) is 4.79 Å². The van der Waals surface area contributed by atoms with Crippen molar-refractivity contribution in [3.05, 3.63) is 65.7 Å². The molecular formula is C20H22N2O4. The van der Waals surface area contributed by atoms with Crippen LogP contribution in [0.4, 0.5) is 5.69 Å². The van der Waals surface area contributed by atoms with Gasteiger partial charge in [0.1, 0.15) is 0 Å². The smallest absolute Gasteiger partial charge is 0.340 e. The number of hydrogen-bond donors (Lipinski definition) is 2. The highest BCUT2D eigenvalue weighted by Gasteiger charge is 2.18. The summed E-state index contributed by atoms with van der Waals surface area (Å²) in [4.78, 5) is 36.4. The van der Waals surface area contributed by atoms with Crippen LogP contribution in [0.1, 0.15) is 41.5 Å². The molecule has 2 rings (SSSR count). The summed E-state index contributed by atoms with van der Waals surface area (Å²) in [7, 11) is 0. The minimum atomic E-state index is -0.682. The van der Waals surface area contributed by atoms with Crippen molar-refractivity contribution in [2.75, 3.05) is 11.9 Å². The Balaban J connectivity index is 2.05. The van der Waals surface area contributed by atoms with Gasteiger partial charge in [0.2, 0.25) is 0 Å². The van der Waals surface area contributed by atoms with Crippen LogP contribution in [0.25, 0.3) is 0 Å². The fraction of sp³-hybridized carbons (Fsp3) is 0.250. The van der Waals surface area contributed by atoms with Crippen LogP contribution < -0.4 is 10.6 Å². The van der Waals surface area contributed by atoms with Gasteiger partial charge >= 0.3 is 5.97 Å². The van der Waals surface area contributed by atoms with Gasteiger partial charge in [0, 0.05) is 11.1 Å². The number of para-hydroxylation sites is 1. The second-order valence-electron chi connectivity index (χ2n) is 6.74. The predicted octanol–water partition coefficient (Wildman–Crippen LogP) is 3.01. The lowest BCUT2D eigenvalue weighted by Gasteiger charge is -2.20. The van der Waals surface area contributed by atoms with Crippen LogP contribution >= 0.6 is 0 Å². The first-order chi connectivity index (χ1) is 12.3. The van der Waals surface area contributed by atoms with Gasteiger partial charge in [-0.1, -0.05) is 30.3 Å². The third kappa shape index (κ3) is 5.73. The molecule has 0 fully saturated rings. The summed E-state index contributed by atoms with van der Waals surface area (Å²) in [6.07, 6.45) is 0. The number of rotatable bonds is 5. The highest BCUT2D eigenvalue weighted by atomic mass is 16.5. The lowest BCUT2D eigenvalue weighted by atomic mass is 10.1. The van der Waals surface area contributed by atoms with Gasteiger partial charge in [-0.3, -0.25) is 9.59 Å². The van der Waals surface area contributed by atoms with E-state index in [4.69, 9.17) is 4.74 Å². The summed E-state index contributed by atoms with van der Waals surface area (Å²) >= 11 is 0. The van der Waals surface area contributed by atoms with Gasteiger partial charge in [-0.15, -0.1) is 0 Å².